The van der Waals surface area contributed by atoms with Crippen LogP contribution in [0, 0.1) is 0 Å². The molecule has 0 radical (unpaired) electrons. The first kappa shape index (κ1) is 14.6. The summed E-state index contributed by atoms with van der Waals surface area (Å²) in [5.41, 5.74) is 6.89. The van der Waals surface area contributed by atoms with Gasteiger partial charge in [-0.25, -0.2) is 4.79 Å². The number of rotatable bonds is 3. The molecule has 0 aliphatic heterocycles. The van der Waals surface area contributed by atoms with Crippen molar-refractivity contribution in [3.63, 3.8) is 0 Å². The topological polar surface area (TPSA) is 108 Å². The second-order valence-electron chi connectivity index (χ2n) is 5.43. The zero-order chi connectivity index (χ0) is 14.9. The number of phenolic OH excluding ortho intramolecular Hbond substituents is 1. The summed E-state index contributed by atoms with van der Waals surface area (Å²) < 4.78 is 0. The maximum absolute atomic E-state index is 11.0. The van der Waals surface area contributed by atoms with Crippen molar-refractivity contribution in [1.82, 2.24) is 5.32 Å². The van der Waals surface area contributed by atoms with Crippen LogP contribution in [0.25, 0.3) is 0 Å². The minimum absolute atomic E-state index is 0.0338. The van der Waals surface area contributed by atoms with Gasteiger partial charge in [0.05, 0.1) is 11.8 Å². The first-order valence-corrected chi connectivity index (χ1v) is 6.75. The lowest BCUT2D eigenvalue weighted by Gasteiger charge is -2.33. The van der Waals surface area contributed by atoms with Gasteiger partial charge in [-0.15, -0.1) is 0 Å². The molecular weight excluding hydrogens is 258 g/mol. The van der Waals surface area contributed by atoms with E-state index >= 15 is 0 Å². The summed E-state index contributed by atoms with van der Waals surface area (Å²) in [4.78, 5) is 11.0. The van der Waals surface area contributed by atoms with E-state index in [1.54, 1.807) is 6.07 Å². The molecule has 0 bridgehead atoms. The molecule has 0 saturated carbocycles. The number of benzene rings is 1. The van der Waals surface area contributed by atoms with Gasteiger partial charge in [0, 0.05) is 12.1 Å². The van der Waals surface area contributed by atoms with Crippen molar-refractivity contribution >= 4 is 11.7 Å². The van der Waals surface area contributed by atoms with Gasteiger partial charge in [0.1, 0.15) is 5.75 Å². The molecule has 110 valence electrons. The molecular formula is C14H21N3O3. The number of fused-ring (bicyclic) bond motifs is 1. The molecule has 1 aliphatic rings. The van der Waals surface area contributed by atoms with E-state index < -0.39 is 12.1 Å². The van der Waals surface area contributed by atoms with Gasteiger partial charge in [0.25, 0.3) is 0 Å². The Labute approximate surface area is 118 Å². The summed E-state index contributed by atoms with van der Waals surface area (Å²) in [6.45, 7) is 4.05. The number of nitrogens with one attached hydrogen (secondary N) is 2. The maximum atomic E-state index is 11.0. The minimum Gasteiger partial charge on any atom is -0.506 e. The molecule has 20 heavy (non-hydrogen) atoms. The molecule has 0 fully saturated rings. The second-order valence-corrected chi connectivity index (χ2v) is 5.43. The molecule has 6 nitrogen and oxygen atoms in total. The molecule has 1 aliphatic carbocycles. The van der Waals surface area contributed by atoms with Crippen LogP contribution in [0.1, 0.15) is 37.5 Å². The molecule has 0 heterocycles. The molecule has 1 aromatic carbocycles. The lowest BCUT2D eigenvalue weighted by atomic mass is 9.84. The Bertz CT molecular complexity index is 517. The fourth-order valence-electron chi connectivity index (χ4n) is 2.74. The molecule has 0 aromatic heterocycles. The van der Waals surface area contributed by atoms with Gasteiger partial charge < -0.3 is 26.6 Å². The third kappa shape index (κ3) is 2.86. The summed E-state index contributed by atoms with van der Waals surface area (Å²) in [5.74, 6) is -0.0370. The molecule has 2 unspecified atom stereocenters. The van der Waals surface area contributed by atoms with Crippen LogP contribution in [0.5, 0.6) is 5.75 Å². The van der Waals surface area contributed by atoms with Crippen molar-refractivity contribution in [3.8, 4) is 5.75 Å². The predicted molar refractivity (Wildman–Crippen MR) is 76.7 cm³/mol. The third-order valence-corrected chi connectivity index (χ3v) is 3.53. The van der Waals surface area contributed by atoms with E-state index in [2.05, 4.69) is 10.6 Å². The van der Waals surface area contributed by atoms with Crippen LogP contribution < -0.4 is 16.4 Å². The zero-order valence-corrected chi connectivity index (χ0v) is 11.7. The lowest BCUT2D eigenvalue weighted by Crippen LogP contribution is -2.42. The quantitative estimate of drug-likeness (QED) is 0.536. The number of carbonyl (C=O) groups excluding carboxylic acids is 1. The standard InChI is InChI=1S/C14H21N3O3/c1-7(2)16-10-5-3-8-9(13(10)19)4-6-11(18)12(8)17-14(15)20/h4,6-7,10,13,16,18-19H,3,5H2,1-2H3,(H3,15,17,20). The van der Waals surface area contributed by atoms with Crippen LogP contribution in [0.4, 0.5) is 10.5 Å². The number of hydrogen-bond donors (Lipinski definition) is 5. The van der Waals surface area contributed by atoms with Crippen LogP contribution in [-0.2, 0) is 6.42 Å². The largest absolute Gasteiger partial charge is 0.506 e. The van der Waals surface area contributed by atoms with E-state index in [0.29, 0.717) is 12.1 Å². The molecule has 0 saturated heterocycles. The van der Waals surface area contributed by atoms with Gasteiger partial charge in [-0.3, -0.25) is 0 Å². The van der Waals surface area contributed by atoms with E-state index in [1.165, 1.54) is 6.07 Å². The SMILES string of the molecule is CC(C)NC1CCc2c(ccc(O)c2NC(N)=O)C1O. The van der Waals surface area contributed by atoms with E-state index in [0.717, 1.165) is 17.5 Å². The van der Waals surface area contributed by atoms with Gasteiger partial charge in [-0.1, -0.05) is 19.9 Å². The highest BCUT2D eigenvalue weighted by atomic mass is 16.3. The number of urea groups is 1. The Balaban J connectivity index is 2.35. The molecule has 2 atom stereocenters. The number of carbonyl (C=O) groups is 1. The fraction of sp³-hybridized carbons (Fsp3) is 0.500. The zero-order valence-electron chi connectivity index (χ0n) is 11.7. The molecule has 6 N–H and O–H groups in total. The predicted octanol–water partition coefficient (Wildman–Crippen LogP) is 1.23. The highest BCUT2D eigenvalue weighted by Crippen LogP contribution is 2.39. The Morgan fingerprint density at radius 3 is 2.75 bits per heavy atom. The average molecular weight is 279 g/mol. The van der Waals surface area contributed by atoms with E-state index in [-0.39, 0.29) is 17.8 Å². The Hall–Kier alpha value is -1.79. The number of aromatic hydroxyl groups is 1. The molecule has 0 spiro atoms. The summed E-state index contributed by atoms with van der Waals surface area (Å²) in [6, 6.07) is 2.66. The summed E-state index contributed by atoms with van der Waals surface area (Å²) in [5, 5.41) is 26.0. The molecule has 2 rings (SSSR count). The Morgan fingerprint density at radius 2 is 2.15 bits per heavy atom. The third-order valence-electron chi connectivity index (χ3n) is 3.53. The van der Waals surface area contributed by atoms with Crippen LogP contribution in [0.2, 0.25) is 0 Å². The first-order chi connectivity index (χ1) is 9.40. The number of aliphatic hydroxyl groups excluding tert-OH is 1. The van der Waals surface area contributed by atoms with Gasteiger partial charge in [0.2, 0.25) is 0 Å². The second kappa shape index (κ2) is 5.68. The van der Waals surface area contributed by atoms with E-state index in [9.17, 15) is 15.0 Å². The number of amides is 2. The van der Waals surface area contributed by atoms with Gasteiger partial charge >= 0.3 is 6.03 Å². The lowest BCUT2D eigenvalue weighted by molar-refractivity contribution is 0.110. The summed E-state index contributed by atoms with van der Waals surface area (Å²) >= 11 is 0. The number of aliphatic hydroxyl groups is 1. The minimum atomic E-state index is -0.731. The van der Waals surface area contributed by atoms with Crippen molar-refractivity contribution in [3.05, 3.63) is 23.3 Å². The highest BCUT2D eigenvalue weighted by molar-refractivity contribution is 5.91. The molecule has 1 aromatic rings. The summed E-state index contributed by atoms with van der Waals surface area (Å²) in [7, 11) is 0. The van der Waals surface area contributed by atoms with Crippen LogP contribution in [-0.4, -0.2) is 28.3 Å². The molecule has 2 amide bonds. The number of hydrogen-bond acceptors (Lipinski definition) is 4. The smallest absolute Gasteiger partial charge is 0.316 e. The number of phenols is 1. The van der Waals surface area contributed by atoms with Gasteiger partial charge in [-0.05, 0) is 30.0 Å². The normalized spacial score (nSPS) is 21.6. The average Bonchev–Trinajstić information content (AvgIpc) is 2.35. The van der Waals surface area contributed by atoms with Crippen LogP contribution >= 0.6 is 0 Å². The Morgan fingerprint density at radius 1 is 1.45 bits per heavy atom. The number of anilines is 1. The fourth-order valence-corrected chi connectivity index (χ4v) is 2.74. The van der Waals surface area contributed by atoms with Crippen LogP contribution in [0.15, 0.2) is 12.1 Å². The number of nitrogens with two attached hydrogens (primary N) is 1. The molecule has 6 heteroatoms. The van der Waals surface area contributed by atoms with Gasteiger partial charge in [-0.2, -0.15) is 0 Å². The van der Waals surface area contributed by atoms with E-state index in [1.807, 2.05) is 13.8 Å². The van der Waals surface area contributed by atoms with Crippen LogP contribution in [0.3, 0.4) is 0 Å². The van der Waals surface area contributed by atoms with Crippen molar-refractivity contribution in [2.24, 2.45) is 5.73 Å². The monoisotopic (exact) mass is 279 g/mol. The summed E-state index contributed by atoms with van der Waals surface area (Å²) in [6.07, 6.45) is 0.708. The Kier molecular flexibility index (Phi) is 4.15. The van der Waals surface area contributed by atoms with Crippen molar-refractivity contribution < 1.29 is 15.0 Å². The van der Waals surface area contributed by atoms with Crippen molar-refractivity contribution in [2.45, 2.75) is 44.9 Å². The van der Waals surface area contributed by atoms with Crippen molar-refractivity contribution in [2.75, 3.05) is 5.32 Å². The van der Waals surface area contributed by atoms with Crippen molar-refractivity contribution in [1.29, 1.82) is 0 Å². The highest BCUT2D eigenvalue weighted by Gasteiger charge is 2.30. The maximum Gasteiger partial charge on any atom is 0.316 e. The number of primary amides is 1. The van der Waals surface area contributed by atoms with Gasteiger partial charge in [0.15, 0.2) is 0 Å². The first-order valence-electron chi connectivity index (χ1n) is 6.75. The van der Waals surface area contributed by atoms with E-state index in [4.69, 9.17) is 5.73 Å².